The fourth-order valence-corrected chi connectivity index (χ4v) is 3.87. The molecule has 0 aliphatic rings. The SMILES string of the molecule is Cc1cc(CSc2ncccc2C(=O)Nc2ccnn2C(C)c2ccncc2)no1. The zero-order valence-corrected chi connectivity index (χ0v) is 17.3. The molecule has 30 heavy (non-hydrogen) atoms. The van der Waals surface area contributed by atoms with Crippen molar-refractivity contribution in [2.75, 3.05) is 5.32 Å². The Morgan fingerprint density at radius 3 is 2.80 bits per heavy atom. The summed E-state index contributed by atoms with van der Waals surface area (Å²) in [6, 6.07) is 10.9. The van der Waals surface area contributed by atoms with E-state index in [4.69, 9.17) is 4.52 Å². The zero-order valence-electron chi connectivity index (χ0n) is 16.5. The molecule has 0 radical (unpaired) electrons. The highest BCUT2D eigenvalue weighted by Crippen LogP contribution is 2.26. The molecule has 4 aromatic heterocycles. The highest BCUT2D eigenvalue weighted by atomic mass is 32.2. The molecule has 8 nitrogen and oxygen atoms in total. The predicted octanol–water partition coefficient (Wildman–Crippen LogP) is 4.12. The third-order valence-corrected chi connectivity index (χ3v) is 5.56. The third kappa shape index (κ3) is 4.41. The Kier molecular flexibility index (Phi) is 5.89. The Bertz CT molecular complexity index is 1140. The molecule has 0 saturated heterocycles. The first-order chi connectivity index (χ1) is 14.6. The first-order valence-corrected chi connectivity index (χ1v) is 10.3. The molecule has 1 unspecified atom stereocenters. The highest BCUT2D eigenvalue weighted by Gasteiger charge is 2.18. The molecule has 0 aliphatic heterocycles. The van der Waals surface area contributed by atoms with Gasteiger partial charge in [-0.15, -0.1) is 0 Å². The van der Waals surface area contributed by atoms with Crippen molar-refractivity contribution in [3.63, 3.8) is 0 Å². The summed E-state index contributed by atoms with van der Waals surface area (Å²) >= 11 is 1.44. The van der Waals surface area contributed by atoms with E-state index in [-0.39, 0.29) is 11.9 Å². The quantitative estimate of drug-likeness (QED) is 0.449. The van der Waals surface area contributed by atoms with E-state index in [2.05, 4.69) is 25.5 Å². The molecule has 0 spiro atoms. The van der Waals surface area contributed by atoms with E-state index < -0.39 is 0 Å². The van der Waals surface area contributed by atoms with Gasteiger partial charge in [-0.05, 0) is 43.7 Å². The first-order valence-electron chi connectivity index (χ1n) is 9.36. The van der Waals surface area contributed by atoms with Crippen LogP contribution in [0.4, 0.5) is 5.82 Å². The standard InChI is InChI=1S/C21H20N6O2S/c1-14-12-17(26-29-14)13-30-21-18(4-3-8-23-21)20(28)25-19-7-11-24-27(19)15(2)16-5-9-22-10-6-16/h3-12,15H,13H2,1-2H3,(H,25,28). The van der Waals surface area contributed by atoms with Crippen LogP contribution in [-0.2, 0) is 5.75 Å². The fraction of sp³-hybridized carbons (Fsp3) is 0.190. The summed E-state index contributed by atoms with van der Waals surface area (Å²) < 4.78 is 6.87. The minimum Gasteiger partial charge on any atom is -0.361 e. The predicted molar refractivity (Wildman–Crippen MR) is 113 cm³/mol. The van der Waals surface area contributed by atoms with Crippen LogP contribution in [0.1, 0.15) is 40.3 Å². The summed E-state index contributed by atoms with van der Waals surface area (Å²) in [6.07, 6.45) is 6.81. The summed E-state index contributed by atoms with van der Waals surface area (Å²) in [5.74, 6) is 1.68. The Balaban J connectivity index is 1.51. The minimum absolute atomic E-state index is 0.0588. The normalized spacial score (nSPS) is 11.9. The molecule has 152 valence electrons. The van der Waals surface area contributed by atoms with Crippen LogP contribution in [0.15, 0.2) is 70.7 Å². The molecular formula is C21H20N6O2S. The lowest BCUT2D eigenvalue weighted by atomic mass is 10.1. The van der Waals surface area contributed by atoms with E-state index in [1.54, 1.807) is 47.7 Å². The Morgan fingerprint density at radius 1 is 1.20 bits per heavy atom. The number of hydrogen-bond acceptors (Lipinski definition) is 7. The van der Waals surface area contributed by atoms with E-state index in [0.717, 1.165) is 17.0 Å². The van der Waals surface area contributed by atoms with Gasteiger partial charge in [0.15, 0.2) is 0 Å². The first kappa shape index (κ1) is 19.8. The number of hydrogen-bond donors (Lipinski definition) is 1. The summed E-state index contributed by atoms with van der Waals surface area (Å²) in [4.78, 5) is 21.4. The van der Waals surface area contributed by atoms with Gasteiger partial charge in [-0.3, -0.25) is 9.78 Å². The zero-order chi connectivity index (χ0) is 20.9. The maximum atomic E-state index is 13.0. The average molecular weight is 420 g/mol. The van der Waals surface area contributed by atoms with Crippen LogP contribution < -0.4 is 5.32 Å². The van der Waals surface area contributed by atoms with Gasteiger partial charge in [-0.25, -0.2) is 9.67 Å². The van der Waals surface area contributed by atoms with Gasteiger partial charge in [0.2, 0.25) is 0 Å². The van der Waals surface area contributed by atoms with Crippen molar-refractivity contribution in [1.29, 1.82) is 0 Å². The summed E-state index contributed by atoms with van der Waals surface area (Å²) in [7, 11) is 0. The van der Waals surface area contributed by atoms with Crippen molar-refractivity contribution in [2.24, 2.45) is 0 Å². The lowest BCUT2D eigenvalue weighted by Crippen LogP contribution is -2.19. The second kappa shape index (κ2) is 8.91. The van der Waals surface area contributed by atoms with Crippen molar-refractivity contribution in [1.82, 2.24) is 24.9 Å². The summed E-state index contributed by atoms with van der Waals surface area (Å²) in [5.41, 5.74) is 2.34. The van der Waals surface area contributed by atoms with Crippen molar-refractivity contribution in [3.05, 3.63) is 83.8 Å². The van der Waals surface area contributed by atoms with Crippen molar-refractivity contribution in [2.45, 2.75) is 30.7 Å². The van der Waals surface area contributed by atoms with Gasteiger partial charge in [0.1, 0.15) is 16.6 Å². The monoisotopic (exact) mass is 420 g/mol. The van der Waals surface area contributed by atoms with Crippen LogP contribution in [0, 0.1) is 6.92 Å². The molecule has 0 saturated carbocycles. The topological polar surface area (TPSA) is 98.7 Å². The van der Waals surface area contributed by atoms with E-state index >= 15 is 0 Å². The maximum absolute atomic E-state index is 13.0. The van der Waals surface area contributed by atoms with E-state index in [0.29, 0.717) is 22.2 Å². The molecule has 4 aromatic rings. The highest BCUT2D eigenvalue weighted by molar-refractivity contribution is 7.98. The number of carbonyl (C=O) groups excluding carboxylic acids is 1. The molecule has 0 fully saturated rings. The molecule has 0 aliphatic carbocycles. The van der Waals surface area contributed by atoms with Crippen LogP contribution in [-0.4, -0.2) is 30.8 Å². The second-order valence-corrected chi connectivity index (χ2v) is 7.61. The Labute approximate surface area is 177 Å². The molecule has 1 atom stereocenters. The lowest BCUT2D eigenvalue weighted by Gasteiger charge is -2.16. The molecule has 9 heteroatoms. The Morgan fingerprint density at radius 2 is 2.03 bits per heavy atom. The summed E-state index contributed by atoms with van der Waals surface area (Å²) in [5, 5.41) is 12.0. The van der Waals surface area contributed by atoms with Crippen molar-refractivity contribution >= 4 is 23.5 Å². The number of thioether (sulfide) groups is 1. The molecule has 0 aromatic carbocycles. The second-order valence-electron chi connectivity index (χ2n) is 6.65. The third-order valence-electron chi connectivity index (χ3n) is 4.52. The molecular weight excluding hydrogens is 400 g/mol. The summed E-state index contributed by atoms with van der Waals surface area (Å²) in [6.45, 7) is 3.86. The maximum Gasteiger partial charge on any atom is 0.259 e. The van der Waals surface area contributed by atoms with Gasteiger partial charge in [0, 0.05) is 36.5 Å². The van der Waals surface area contributed by atoms with Crippen LogP contribution in [0.25, 0.3) is 0 Å². The van der Waals surface area contributed by atoms with Crippen LogP contribution >= 0.6 is 11.8 Å². The number of aromatic nitrogens is 5. The number of nitrogens with zero attached hydrogens (tertiary/aromatic N) is 5. The fourth-order valence-electron chi connectivity index (χ4n) is 3.00. The van der Waals surface area contributed by atoms with Crippen LogP contribution in [0.3, 0.4) is 0 Å². The number of nitrogens with one attached hydrogen (secondary N) is 1. The van der Waals surface area contributed by atoms with Gasteiger partial charge in [-0.1, -0.05) is 16.9 Å². The van der Waals surface area contributed by atoms with Gasteiger partial charge >= 0.3 is 0 Å². The van der Waals surface area contributed by atoms with Gasteiger partial charge in [0.25, 0.3) is 5.91 Å². The van der Waals surface area contributed by atoms with Gasteiger partial charge in [0.05, 0.1) is 23.5 Å². The van der Waals surface area contributed by atoms with Crippen molar-refractivity contribution in [3.8, 4) is 0 Å². The molecule has 4 heterocycles. The molecule has 0 bridgehead atoms. The largest absolute Gasteiger partial charge is 0.361 e. The molecule has 1 N–H and O–H groups in total. The van der Waals surface area contributed by atoms with Crippen LogP contribution in [0.5, 0.6) is 0 Å². The van der Waals surface area contributed by atoms with E-state index in [1.165, 1.54) is 11.8 Å². The number of rotatable bonds is 7. The Hall–Kier alpha value is -3.46. The number of amides is 1. The number of anilines is 1. The average Bonchev–Trinajstić information content (AvgIpc) is 3.41. The van der Waals surface area contributed by atoms with Crippen molar-refractivity contribution < 1.29 is 9.32 Å². The minimum atomic E-state index is -0.245. The van der Waals surface area contributed by atoms with E-state index in [9.17, 15) is 4.79 Å². The smallest absolute Gasteiger partial charge is 0.259 e. The van der Waals surface area contributed by atoms with Crippen LogP contribution in [0.2, 0.25) is 0 Å². The van der Waals surface area contributed by atoms with Gasteiger partial charge < -0.3 is 9.84 Å². The lowest BCUT2D eigenvalue weighted by molar-refractivity contribution is 0.102. The number of aryl methyl sites for hydroxylation is 1. The number of carbonyl (C=O) groups is 1. The molecule has 4 rings (SSSR count). The van der Waals surface area contributed by atoms with Gasteiger partial charge in [-0.2, -0.15) is 5.10 Å². The van der Waals surface area contributed by atoms with E-state index in [1.807, 2.05) is 32.0 Å². The molecule has 1 amide bonds. The number of pyridine rings is 2.